The van der Waals surface area contributed by atoms with Gasteiger partial charge in [-0.25, -0.2) is 19.3 Å². The van der Waals surface area contributed by atoms with Gasteiger partial charge in [-0.3, -0.25) is 9.69 Å². The van der Waals surface area contributed by atoms with Gasteiger partial charge in [0, 0.05) is 73.7 Å². The highest BCUT2D eigenvalue weighted by molar-refractivity contribution is 5.84. The number of carbonyl (C=O) groups excluding carboxylic acids is 1. The third-order valence-electron chi connectivity index (χ3n) is 9.10. The van der Waals surface area contributed by atoms with E-state index < -0.39 is 0 Å². The third-order valence-corrected chi connectivity index (χ3v) is 9.10. The smallest absolute Gasteiger partial charge is 0.282 e. The number of ketones is 1. The van der Waals surface area contributed by atoms with Crippen LogP contribution in [-0.2, 0) is 4.79 Å². The largest absolute Gasteiger partial charge is 0.434 e. The summed E-state index contributed by atoms with van der Waals surface area (Å²) in [6, 6.07) is 4.95. The number of Topliss-reactive ketones (excluding diaryl/α,β-unsaturated/α-hetero) is 1. The van der Waals surface area contributed by atoms with Gasteiger partial charge in [-0.1, -0.05) is 13.8 Å². The van der Waals surface area contributed by atoms with E-state index in [1.54, 1.807) is 18.6 Å². The maximum absolute atomic E-state index is 14.4. The van der Waals surface area contributed by atoms with Crippen LogP contribution in [0.1, 0.15) is 57.6 Å². The van der Waals surface area contributed by atoms with E-state index in [9.17, 15) is 9.18 Å². The highest BCUT2D eigenvalue weighted by Crippen LogP contribution is 2.48. The third kappa shape index (κ3) is 4.62. The monoisotopic (exact) mass is 543 g/mol. The van der Waals surface area contributed by atoms with Gasteiger partial charge in [-0.05, 0) is 49.3 Å². The van der Waals surface area contributed by atoms with E-state index in [4.69, 9.17) is 4.74 Å². The molecule has 4 aliphatic rings. The molecular formula is C30H34FN7O2. The summed E-state index contributed by atoms with van der Waals surface area (Å²) in [4.78, 5) is 29.8. The summed E-state index contributed by atoms with van der Waals surface area (Å²) in [7, 11) is 0. The Labute approximate surface area is 233 Å². The van der Waals surface area contributed by atoms with Crippen LogP contribution in [0.5, 0.6) is 11.6 Å². The molecule has 0 amide bonds. The van der Waals surface area contributed by atoms with Crippen molar-refractivity contribution in [1.82, 2.24) is 30.0 Å². The molecule has 2 aliphatic carbocycles. The topological polar surface area (TPSA) is 97.2 Å². The molecule has 4 heterocycles. The maximum Gasteiger partial charge on any atom is 0.282 e. The molecule has 2 aromatic heterocycles. The molecule has 10 heteroatoms. The summed E-state index contributed by atoms with van der Waals surface area (Å²) in [6.07, 6.45) is 9.38. The van der Waals surface area contributed by atoms with Crippen molar-refractivity contribution < 1.29 is 13.9 Å². The Hall–Kier alpha value is -3.53. The van der Waals surface area contributed by atoms with E-state index >= 15 is 0 Å². The number of halogens is 1. The zero-order valence-corrected chi connectivity index (χ0v) is 23.0. The van der Waals surface area contributed by atoms with Crippen LogP contribution in [0.25, 0.3) is 11.1 Å². The second kappa shape index (κ2) is 9.83. The molecule has 0 bridgehead atoms. The number of aromatic nitrogens is 5. The average Bonchev–Trinajstić information content (AvgIpc) is 3.67. The van der Waals surface area contributed by atoms with Crippen LogP contribution in [0.3, 0.4) is 0 Å². The molecule has 9 nitrogen and oxygen atoms in total. The fourth-order valence-corrected chi connectivity index (χ4v) is 7.11. The lowest BCUT2D eigenvalue weighted by Gasteiger charge is -2.55. The summed E-state index contributed by atoms with van der Waals surface area (Å²) in [5.41, 5.74) is 2.50. The van der Waals surface area contributed by atoms with Crippen LogP contribution in [0.15, 0.2) is 37.1 Å². The van der Waals surface area contributed by atoms with E-state index in [0.29, 0.717) is 52.6 Å². The Kier molecular flexibility index (Phi) is 6.25. The molecule has 40 heavy (non-hydrogen) atoms. The minimum atomic E-state index is -0.354. The quantitative estimate of drug-likeness (QED) is 0.402. The predicted molar refractivity (Wildman–Crippen MR) is 146 cm³/mol. The van der Waals surface area contributed by atoms with Crippen LogP contribution in [0.2, 0.25) is 0 Å². The Bertz CT molecular complexity index is 1430. The van der Waals surface area contributed by atoms with Crippen LogP contribution in [0.4, 0.5) is 10.2 Å². The molecule has 4 fully saturated rings. The molecule has 0 N–H and O–H groups in total. The number of rotatable bonds is 8. The highest BCUT2D eigenvalue weighted by Gasteiger charge is 2.52. The van der Waals surface area contributed by atoms with Crippen molar-refractivity contribution >= 4 is 11.6 Å². The number of anilines is 1. The molecule has 0 unspecified atom stereocenters. The zero-order chi connectivity index (χ0) is 27.4. The normalized spacial score (nSPS) is 21.5. The SMILES string of the molecule is CC(C)[C@H](C1CC(=O)C1)N1CC2(CCN(c3ncnnc3Oc3ccc(F)cc3-c3cncnc3C3CC3)C2)C1. The minimum Gasteiger partial charge on any atom is -0.434 e. The van der Waals surface area contributed by atoms with E-state index in [-0.39, 0.29) is 11.2 Å². The zero-order valence-electron chi connectivity index (χ0n) is 23.0. The summed E-state index contributed by atoms with van der Waals surface area (Å²) >= 11 is 0. The van der Waals surface area contributed by atoms with Gasteiger partial charge in [-0.2, -0.15) is 0 Å². The number of hydrogen-bond donors (Lipinski definition) is 0. The van der Waals surface area contributed by atoms with Gasteiger partial charge in [0.1, 0.15) is 30.0 Å². The number of carbonyl (C=O) groups is 1. The van der Waals surface area contributed by atoms with Crippen LogP contribution >= 0.6 is 0 Å². The first-order valence-corrected chi connectivity index (χ1v) is 14.4. The van der Waals surface area contributed by atoms with E-state index in [1.807, 2.05) is 0 Å². The molecule has 208 valence electrons. The summed E-state index contributed by atoms with van der Waals surface area (Å²) in [6.45, 7) is 8.33. The lowest BCUT2D eigenvalue weighted by Crippen LogP contribution is -2.64. The van der Waals surface area contributed by atoms with Gasteiger partial charge in [0.2, 0.25) is 0 Å². The number of nitrogens with zero attached hydrogens (tertiary/aromatic N) is 7. The molecule has 1 spiro atoms. The Morgan fingerprint density at radius 2 is 1.90 bits per heavy atom. The van der Waals surface area contributed by atoms with Crippen molar-refractivity contribution in [2.24, 2.45) is 17.3 Å². The molecule has 2 saturated carbocycles. The Balaban J connectivity index is 1.10. The van der Waals surface area contributed by atoms with Gasteiger partial charge >= 0.3 is 0 Å². The van der Waals surface area contributed by atoms with Crippen molar-refractivity contribution in [3.05, 3.63) is 48.6 Å². The van der Waals surface area contributed by atoms with E-state index in [2.05, 4.69) is 48.8 Å². The Morgan fingerprint density at radius 3 is 2.65 bits per heavy atom. The number of benzene rings is 1. The molecule has 2 saturated heterocycles. The second-order valence-corrected chi connectivity index (χ2v) is 12.4. The predicted octanol–water partition coefficient (Wildman–Crippen LogP) is 4.65. The lowest BCUT2D eigenvalue weighted by atomic mass is 9.70. The lowest BCUT2D eigenvalue weighted by molar-refractivity contribution is -0.133. The first kappa shape index (κ1) is 25.4. The van der Waals surface area contributed by atoms with Crippen molar-refractivity contribution in [2.75, 3.05) is 31.1 Å². The molecule has 1 aromatic carbocycles. The number of hydrogen-bond acceptors (Lipinski definition) is 9. The second-order valence-electron chi connectivity index (χ2n) is 12.4. The van der Waals surface area contributed by atoms with Crippen LogP contribution < -0.4 is 9.64 Å². The van der Waals surface area contributed by atoms with Crippen molar-refractivity contribution in [1.29, 1.82) is 0 Å². The van der Waals surface area contributed by atoms with Gasteiger partial charge < -0.3 is 9.64 Å². The average molecular weight is 544 g/mol. The van der Waals surface area contributed by atoms with Crippen molar-refractivity contribution in [3.63, 3.8) is 0 Å². The molecule has 7 rings (SSSR count). The molecule has 2 aliphatic heterocycles. The van der Waals surface area contributed by atoms with Gasteiger partial charge in [0.25, 0.3) is 5.88 Å². The first-order chi connectivity index (χ1) is 19.4. The van der Waals surface area contributed by atoms with Crippen molar-refractivity contribution in [2.45, 2.75) is 57.9 Å². The fraction of sp³-hybridized carbons (Fsp3) is 0.533. The molecular weight excluding hydrogens is 509 g/mol. The van der Waals surface area contributed by atoms with Crippen LogP contribution in [-0.4, -0.2) is 68.1 Å². The molecule has 1 atom stereocenters. The highest BCUT2D eigenvalue weighted by atomic mass is 19.1. The maximum atomic E-state index is 14.4. The standard InChI is InChI=1S/C30H34FN7O2/c1-18(2)27(20-9-22(39)10-20)38-14-30(15-38)7-8-37(13-30)28-29(36-35-17-34-28)40-25-6-5-21(31)11-23(25)24-12-32-16-33-26(24)19-3-4-19/h5-6,11-12,16-20,27H,3-4,7-10,13-15H2,1-2H3/t27-/m1/s1. The number of ether oxygens (including phenoxy) is 1. The molecule has 0 radical (unpaired) electrons. The van der Waals surface area contributed by atoms with Gasteiger partial charge in [0.05, 0.1) is 5.69 Å². The Morgan fingerprint density at radius 1 is 1.07 bits per heavy atom. The number of likely N-dealkylation sites (tertiary alicyclic amines) is 1. The van der Waals surface area contributed by atoms with Crippen molar-refractivity contribution in [3.8, 4) is 22.8 Å². The van der Waals surface area contributed by atoms with Gasteiger partial charge in [0.15, 0.2) is 5.82 Å². The summed E-state index contributed by atoms with van der Waals surface area (Å²) < 4.78 is 20.8. The van der Waals surface area contributed by atoms with Gasteiger partial charge in [-0.15, -0.1) is 10.2 Å². The summed E-state index contributed by atoms with van der Waals surface area (Å²) in [5, 5.41) is 8.32. The van der Waals surface area contributed by atoms with E-state index in [1.165, 1.54) is 18.5 Å². The summed E-state index contributed by atoms with van der Waals surface area (Å²) in [5.74, 6) is 2.86. The van der Waals surface area contributed by atoms with Crippen LogP contribution in [0, 0.1) is 23.1 Å². The first-order valence-electron chi connectivity index (χ1n) is 14.4. The van der Waals surface area contributed by atoms with E-state index in [0.717, 1.165) is 69.5 Å². The fourth-order valence-electron chi connectivity index (χ4n) is 7.11. The molecule has 3 aromatic rings. The minimum absolute atomic E-state index is 0.199.